The second kappa shape index (κ2) is 16.0. The highest BCUT2D eigenvalue weighted by molar-refractivity contribution is 5.87. The Balaban J connectivity index is 1.17. The largest absolute Gasteiger partial charge is 0.494 e. The summed E-state index contributed by atoms with van der Waals surface area (Å²) >= 11 is 0. The van der Waals surface area contributed by atoms with Gasteiger partial charge in [-0.05, 0) is 54.3 Å². The molecule has 4 atom stereocenters. The standard InChI is InChI=1S/C33H40O8/c1-3-5-20-36-26-15-10-24(11-16-26)8-7-9-30(34)40-28-22-38-33-29(23-39-32(28)33)41-31(35)19-14-25-12-17-27(18-13-25)37-21-6-4-2/h7-8,10-19,28-29,32-33H,3-6,9,20-23H2,1-2H3/b8-7+,19-14+/t28-,29-,32-,33-/m1/s1. The number of hydrogen-bond acceptors (Lipinski definition) is 8. The molecule has 0 radical (unpaired) electrons. The van der Waals surface area contributed by atoms with Crippen molar-refractivity contribution >= 4 is 24.1 Å². The Morgan fingerprint density at radius 1 is 0.756 bits per heavy atom. The molecule has 0 spiro atoms. The third-order valence-electron chi connectivity index (χ3n) is 6.81. The van der Waals surface area contributed by atoms with Crippen LogP contribution in [0.2, 0.25) is 0 Å². The van der Waals surface area contributed by atoms with Gasteiger partial charge in [0.05, 0.1) is 32.8 Å². The van der Waals surface area contributed by atoms with Gasteiger partial charge in [-0.25, -0.2) is 4.79 Å². The SMILES string of the molecule is CCCCOc1ccc(/C=C/CC(=O)O[C@@H]2CO[C@H]3[C@@H]2OC[C@H]3OC(=O)/C=C/c2ccc(OCCCC)cc2)cc1. The van der Waals surface area contributed by atoms with E-state index in [0.717, 1.165) is 48.3 Å². The van der Waals surface area contributed by atoms with Gasteiger partial charge >= 0.3 is 11.9 Å². The maximum atomic E-state index is 12.4. The van der Waals surface area contributed by atoms with Gasteiger partial charge in [0, 0.05) is 6.08 Å². The average molecular weight is 565 g/mol. The molecule has 2 fully saturated rings. The van der Waals surface area contributed by atoms with E-state index in [4.69, 9.17) is 28.4 Å². The average Bonchev–Trinajstić information content (AvgIpc) is 3.57. The predicted molar refractivity (Wildman–Crippen MR) is 156 cm³/mol. The number of hydrogen-bond donors (Lipinski definition) is 0. The fourth-order valence-electron chi connectivity index (χ4n) is 4.51. The molecule has 41 heavy (non-hydrogen) atoms. The van der Waals surface area contributed by atoms with Crippen molar-refractivity contribution in [3.63, 3.8) is 0 Å². The first kappa shape index (κ1) is 30.3. The van der Waals surface area contributed by atoms with Crippen molar-refractivity contribution in [1.82, 2.24) is 0 Å². The Morgan fingerprint density at radius 3 is 1.80 bits per heavy atom. The van der Waals surface area contributed by atoms with Crippen LogP contribution < -0.4 is 9.47 Å². The molecule has 0 saturated carbocycles. The smallest absolute Gasteiger partial charge is 0.331 e. The highest BCUT2D eigenvalue weighted by Gasteiger charge is 2.51. The number of unbranched alkanes of at least 4 members (excludes halogenated alkanes) is 2. The minimum absolute atomic E-state index is 0.123. The van der Waals surface area contributed by atoms with Crippen LogP contribution in [-0.2, 0) is 28.5 Å². The second-order valence-electron chi connectivity index (χ2n) is 10.1. The van der Waals surface area contributed by atoms with E-state index in [9.17, 15) is 9.59 Å². The lowest BCUT2D eigenvalue weighted by Gasteiger charge is -2.16. The Hall–Kier alpha value is -3.62. The number of carbonyl (C=O) groups is 2. The van der Waals surface area contributed by atoms with E-state index >= 15 is 0 Å². The van der Waals surface area contributed by atoms with Gasteiger partial charge in [0.15, 0.2) is 12.2 Å². The number of fused-ring (bicyclic) bond motifs is 1. The molecule has 4 rings (SSSR count). The summed E-state index contributed by atoms with van der Waals surface area (Å²) in [5, 5.41) is 0. The maximum Gasteiger partial charge on any atom is 0.331 e. The maximum absolute atomic E-state index is 12.4. The van der Waals surface area contributed by atoms with Crippen LogP contribution in [0, 0.1) is 0 Å². The minimum atomic E-state index is -0.566. The zero-order chi connectivity index (χ0) is 28.9. The molecule has 0 unspecified atom stereocenters. The van der Waals surface area contributed by atoms with Crippen molar-refractivity contribution in [2.24, 2.45) is 0 Å². The number of benzene rings is 2. The van der Waals surface area contributed by atoms with E-state index in [1.807, 2.05) is 54.6 Å². The number of carbonyl (C=O) groups excluding carboxylic acids is 2. The van der Waals surface area contributed by atoms with Gasteiger partial charge in [0.2, 0.25) is 0 Å². The lowest BCUT2D eigenvalue weighted by molar-refractivity contribution is -0.153. The first-order valence-electron chi connectivity index (χ1n) is 14.5. The molecule has 8 heteroatoms. The molecule has 0 amide bonds. The molecule has 2 saturated heterocycles. The number of rotatable bonds is 15. The molecule has 2 heterocycles. The van der Waals surface area contributed by atoms with Crippen LogP contribution in [-0.4, -0.2) is 62.8 Å². The molecule has 220 valence electrons. The summed E-state index contributed by atoms with van der Waals surface area (Å²) in [7, 11) is 0. The zero-order valence-corrected chi connectivity index (χ0v) is 23.9. The summed E-state index contributed by atoms with van der Waals surface area (Å²) in [6.45, 7) is 6.02. The molecule has 0 aromatic heterocycles. The van der Waals surface area contributed by atoms with Crippen molar-refractivity contribution in [3.8, 4) is 11.5 Å². The molecule has 0 aliphatic carbocycles. The normalized spacial score (nSPS) is 21.7. The van der Waals surface area contributed by atoms with Crippen LogP contribution in [0.4, 0.5) is 0 Å². The predicted octanol–water partition coefficient (Wildman–Crippen LogP) is 5.78. The first-order valence-corrected chi connectivity index (χ1v) is 14.5. The van der Waals surface area contributed by atoms with Crippen LogP contribution in [0.3, 0.4) is 0 Å². The Kier molecular flexibility index (Phi) is 11.8. The fraction of sp³-hybridized carbons (Fsp3) is 0.455. The first-order chi connectivity index (χ1) is 20.1. The molecule has 2 aromatic carbocycles. The monoisotopic (exact) mass is 564 g/mol. The molecule has 8 nitrogen and oxygen atoms in total. The molecule has 2 aromatic rings. The summed E-state index contributed by atoms with van der Waals surface area (Å²) in [5.74, 6) is 0.775. The lowest BCUT2D eigenvalue weighted by atomic mass is 10.1. The van der Waals surface area contributed by atoms with Gasteiger partial charge in [-0.2, -0.15) is 0 Å². The van der Waals surface area contributed by atoms with E-state index in [1.54, 1.807) is 12.2 Å². The molecule has 0 N–H and O–H groups in total. The molecule has 0 bridgehead atoms. The second-order valence-corrected chi connectivity index (χ2v) is 10.1. The van der Waals surface area contributed by atoms with Gasteiger partial charge in [-0.15, -0.1) is 0 Å². The van der Waals surface area contributed by atoms with Crippen molar-refractivity contribution in [2.45, 2.75) is 70.4 Å². The topological polar surface area (TPSA) is 89.5 Å². The third kappa shape index (κ3) is 9.47. The van der Waals surface area contributed by atoms with E-state index < -0.39 is 30.4 Å². The van der Waals surface area contributed by atoms with Crippen molar-refractivity contribution in [2.75, 3.05) is 26.4 Å². The molecule has 2 aliphatic rings. The third-order valence-corrected chi connectivity index (χ3v) is 6.81. The Bertz CT molecular complexity index is 1150. The lowest BCUT2D eigenvalue weighted by Crippen LogP contribution is -2.35. The minimum Gasteiger partial charge on any atom is -0.494 e. The van der Waals surface area contributed by atoms with E-state index in [-0.39, 0.29) is 25.6 Å². The summed E-state index contributed by atoms with van der Waals surface area (Å²) in [6.07, 6.45) is 8.99. The summed E-state index contributed by atoms with van der Waals surface area (Å²) in [6, 6.07) is 15.2. The summed E-state index contributed by atoms with van der Waals surface area (Å²) in [5.41, 5.74) is 1.83. The van der Waals surface area contributed by atoms with Gasteiger partial charge in [0.25, 0.3) is 0 Å². The quantitative estimate of drug-likeness (QED) is 0.153. The van der Waals surface area contributed by atoms with Crippen molar-refractivity contribution < 1.29 is 38.0 Å². The van der Waals surface area contributed by atoms with Crippen molar-refractivity contribution in [3.05, 3.63) is 71.8 Å². The van der Waals surface area contributed by atoms with Gasteiger partial charge in [0.1, 0.15) is 23.7 Å². The molecular weight excluding hydrogens is 524 g/mol. The van der Waals surface area contributed by atoms with Gasteiger partial charge < -0.3 is 28.4 Å². The molecular formula is C33H40O8. The summed E-state index contributed by atoms with van der Waals surface area (Å²) in [4.78, 5) is 24.9. The van der Waals surface area contributed by atoms with Crippen LogP contribution in [0.25, 0.3) is 12.2 Å². The Morgan fingerprint density at radius 2 is 1.27 bits per heavy atom. The number of esters is 2. The van der Waals surface area contributed by atoms with Gasteiger partial charge in [-0.1, -0.05) is 63.1 Å². The van der Waals surface area contributed by atoms with Crippen LogP contribution in [0.1, 0.15) is 57.1 Å². The fourth-order valence-corrected chi connectivity index (χ4v) is 4.51. The van der Waals surface area contributed by atoms with Crippen LogP contribution in [0.15, 0.2) is 60.7 Å². The van der Waals surface area contributed by atoms with Crippen molar-refractivity contribution in [1.29, 1.82) is 0 Å². The van der Waals surface area contributed by atoms with Crippen LogP contribution in [0.5, 0.6) is 11.5 Å². The van der Waals surface area contributed by atoms with E-state index in [0.29, 0.717) is 13.2 Å². The van der Waals surface area contributed by atoms with E-state index in [2.05, 4.69) is 13.8 Å². The summed E-state index contributed by atoms with van der Waals surface area (Å²) < 4.78 is 34.1. The molecule has 2 aliphatic heterocycles. The highest BCUT2D eigenvalue weighted by atomic mass is 16.7. The van der Waals surface area contributed by atoms with Crippen LogP contribution >= 0.6 is 0 Å². The van der Waals surface area contributed by atoms with E-state index in [1.165, 1.54) is 6.08 Å². The highest BCUT2D eigenvalue weighted by Crippen LogP contribution is 2.31. The van der Waals surface area contributed by atoms with Gasteiger partial charge in [-0.3, -0.25) is 4.79 Å². The number of ether oxygens (including phenoxy) is 6. The Labute approximate surface area is 242 Å². The zero-order valence-electron chi connectivity index (χ0n) is 23.9.